The highest BCUT2D eigenvalue weighted by atomic mass is 16.3. The van der Waals surface area contributed by atoms with Gasteiger partial charge in [0.15, 0.2) is 0 Å². The van der Waals surface area contributed by atoms with Crippen molar-refractivity contribution < 1.29 is 5.11 Å². The first-order valence-corrected chi connectivity index (χ1v) is 5.42. The number of hydrogen-bond acceptors (Lipinski definition) is 3. The van der Waals surface area contributed by atoms with Crippen molar-refractivity contribution in [1.82, 2.24) is 9.78 Å². The highest BCUT2D eigenvalue weighted by Crippen LogP contribution is 2.25. The number of aromatic nitrogens is 2. The molecule has 15 heavy (non-hydrogen) atoms. The van der Waals surface area contributed by atoms with Crippen LogP contribution >= 0.6 is 0 Å². The second-order valence-corrected chi connectivity index (χ2v) is 4.22. The van der Waals surface area contributed by atoms with Crippen molar-refractivity contribution in [3.05, 3.63) is 17.0 Å². The standard InChI is InChI=1S/C11H21N3O/c1-7(2)14-9(4)11(8(3)13-14)10(15)5-6-12/h7,10,15H,5-6,12H2,1-4H3/t10-/m1/s1. The van der Waals surface area contributed by atoms with Crippen LogP contribution in [0.3, 0.4) is 0 Å². The maximum atomic E-state index is 9.94. The first kappa shape index (κ1) is 12.2. The summed E-state index contributed by atoms with van der Waals surface area (Å²) in [6.07, 6.45) is 0.105. The Morgan fingerprint density at radius 2 is 2.00 bits per heavy atom. The van der Waals surface area contributed by atoms with Gasteiger partial charge in [-0.15, -0.1) is 0 Å². The minimum absolute atomic E-state index is 0.322. The molecule has 1 heterocycles. The zero-order valence-corrected chi connectivity index (χ0v) is 9.99. The molecule has 1 rings (SSSR count). The van der Waals surface area contributed by atoms with Crippen LogP contribution in [-0.4, -0.2) is 21.4 Å². The lowest BCUT2D eigenvalue weighted by atomic mass is 10.0. The van der Waals surface area contributed by atoms with Crippen LogP contribution in [0, 0.1) is 13.8 Å². The number of nitrogens with two attached hydrogens (primary N) is 1. The summed E-state index contributed by atoms with van der Waals surface area (Å²) >= 11 is 0. The van der Waals surface area contributed by atoms with Crippen molar-refractivity contribution in [1.29, 1.82) is 0 Å². The number of aryl methyl sites for hydroxylation is 1. The number of rotatable bonds is 4. The molecule has 4 nitrogen and oxygen atoms in total. The van der Waals surface area contributed by atoms with Gasteiger partial charge < -0.3 is 10.8 Å². The molecule has 0 aromatic carbocycles. The quantitative estimate of drug-likeness (QED) is 0.792. The van der Waals surface area contributed by atoms with E-state index in [1.165, 1.54) is 0 Å². The Morgan fingerprint density at radius 3 is 2.40 bits per heavy atom. The van der Waals surface area contributed by atoms with Crippen LogP contribution in [0.5, 0.6) is 0 Å². The van der Waals surface area contributed by atoms with Crippen LogP contribution in [0.25, 0.3) is 0 Å². The van der Waals surface area contributed by atoms with Crippen LogP contribution in [-0.2, 0) is 0 Å². The average molecular weight is 211 g/mol. The smallest absolute Gasteiger partial charge is 0.0837 e. The van der Waals surface area contributed by atoms with Gasteiger partial charge >= 0.3 is 0 Å². The lowest BCUT2D eigenvalue weighted by molar-refractivity contribution is 0.168. The van der Waals surface area contributed by atoms with Crippen LogP contribution < -0.4 is 5.73 Å². The Kier molecular flexibility index (Phi) is 3.88. The fraction of sp³-hybridized carbons (Fsp3) is 0.727. The summed E-state index contributed by atoms with van der Waals surface area (Å²) in [7, 11) is 0. The van der Waals surface area contributed by atoms with Gasteiger partial charge in [-0.3, -0.25) is 4.68 Å². The zero-order valence-electron chi connectivity index (χ0n) is 9.99. The SMILES string of the molecule is Cc1nn(C(C)C)c(C)c1[C@H](O)CCN. The molecule has 1 aromatic heterocycles. The molecule has 3 N–H and O–H groups in total. The Balaban J connectivity index is 3.07. The van der Waals surface area contributed by atoms with E-state index in [9.17, 15) is 5.11 Å². The largest absolute Gasteiger partial charge is 0.388 e. The van der Waals surface area contributed by atoms with E-state index in [2.05, 4.69) is 18.9 Å². The van der Waals surface area contributed by atoms with Gasteiger partial charge in [-0.25, -0.2) is 0 Å². The minimum Gasteiger partial charge on any atom is -0.388 e. The van der Waals surface area contributed by atoms with Crippen molar-refractivity contribution in [3.8, 4) is 0 Å². The third-order valence-electron chi connectivity index (χ3n) is 2.64. The molecule has 0 fully saturated rings. The molecular formula is C11H21N3O. The minimum atomic E-state index is -0.484. The van der Waals surface area contributed by atoms with E-state index in [-0.39, 0.29) is 0 Å². The summed E-state index contributed by atoms with van der Waals surface area (Å²) in [6.45, 7) is 8.58. The Hall–Kier alpha value is -0.870. The molecule has 0 aliphatic heterocycles. The number of nitrogens with zero attached hydrogens (tertiary/aromatic N) is 2. The predicted octanol–water partition coefficient (Wildman–Crippen LogP) is 1.46. The van der Waals surface area contributed by atoms with Gasteiger partial charge in [-0.1, -0.05) is 0 Å². The molecule has 0 amide bonds. The third kappa shape index (κ3) is 2.38. The van der Waals surface area contributed by atoms with Crippen molar-refractivity contribution in [2.45, 2.75) is 46.3 Å². The van der Waals surface area contributed by atoms with E-state index in [0.717, 1.165) is 17.0 Å². The van der Waals surface area contributed by atoms with Crippen molar-refractivity contribution >= 4 is 0 Å². The highest BCUT2D eigenvalue weighted by molar-refractivity contribution is 5.27. The van der Waals surface area contributed by atoms with Crippen molar-refractivity contribution in [2.75, 3.05) is 6.54 Å². The van der Waals surface area contributed by atoms with E-state index in [4.69, 9.17) is 5.73 Å². The molecule has 0 saturated carbocycles. The second-order valence-electron chi connectivity index (χ2n) is 4.22. The molecule has 0 unspecified atom stereocenters. The van der Waals surface area contributed by atoms with Gasteiger partial charge in [0, 0.05) is 17.3 Å². The van der Waals surface area contributed by atoms with E-state index in [1.807, 2.05) is 18.5 Å². The molecule has 0 aliphatic rings. The summed E-state index contributed by atoms with van der Waals surface area (Å²) in [5.41, 5.74) is 8.33. The summed E-state index contributed by atoms with van der Waals surface area (Å²) in [5.74, 6) is 0. The molecular weight excluding hydrogens is 190 g/mol. The van der Waals surface area contributed by atoms with Crippen LogP contribution in [0.2, 0.25) is 0 Å². The molecule has 1 aromatic rings. The molecule has 0 saturated heterocycles. The number of aliphatic hydroxyl groups is 1. The molecule has 4 heteroatoms. The van der Waals surface area contributed by atoms with Crippen LogP contribution in [0.4, 0.5) is 0 Å². The molecule has 0 bridgehead atoms. The molecule has 0 radical (unpaired) electrons. The summed E-state index contributed by atoms with van der Waals surface area (Å²) in [6, 6.07) is 0.322. The molecule has 0 spiro atoms. The maximum absolute atomic E-state index is 9.94. The molecule has 1 atom stereocenters. The maximum Gasteiger partial charge on any atom is 0.0837 e. The predicted molar refractivity (Wildman–Crippen MR) is 60.7 cm³/mol. The third-order valence-corrected chi connectivity index (χ3v) is 2.64. The van der Waals surface area contributed by atoms with Crippen molar-refractivity contribution in [3.63, 3.8) is 0 Å². The Bertz CT molecular complexity index is 331. The molecule has 86 valence electrons. The van der Waals surface area contributed by atoms with Crippen molar-refractivity contribution in [2.24, 2.45) is 5.73 Å². The Labute approximate surface area is 91.1 Å². The summed E-state index contributed by atoms with van der Waals surface area (Å²) in [4.78, 5) is 0. The average Bonchev–Trinajstić information content (AvgIpc) is 2.42. The van der Waals surface area contributed by atoms with E-state index in [1.54, 1.807) is 0 Å². The van der Waals surface area contributed by atoms with Gasteiger partial charge in [0.1, 0.15) is 0 Å². The normalized spacial score (nSPS) is 13.5. The van der Waals surface area contributed by atoms with Gasteiger partial charge in [0.25, 0.3) is 0 Å². The van der Waals surface area contributed by atoms with Crippen LogP contribution in [0.15, 0.2) is 0 Å². The van der Waals surface area contributed by atoms with E-state index in [0.29, 0.717) is 19.0 Å². The van der Waals surface area contributed by atoms with Gasteiger partial charge in [0.2, 0.25) is 0 Å². The summed E-state index contributed by atoms with van der Waals surface area (Å²) < 4.78 is 1.95. The number of aliphatic hydroxyl groups excluding tert-OH is 1. The fourth-order valence-electron chi connectivity index (χ4n) is 1.96. The zero-order chi connectivity index (χ0) is 11.6. The topological polar surface area (TPSA) is 64.1 Å². The first-order chi connectivity index (χ1) is 6.99. The van der Waals surface area contributed by atoms with Crippen LogP contribution in [0.1, 0.15) is 49.4 Å². The highest BCUT2D eigenvalue weighted by Gasteiger charge is 2.19. The second kappa shape index (κ2) is 4.77. The van der Waals surface area contributed by atoms with Gasteiger partial charge in [0.05, 0.1) is 11.8 Å². The Morgan fingerprint density at radius 1 is 1.40 bits per heavy atom. The van der Waals surface area contributed by atoms with Gasteiger partial charge in [-0.2, -0.15) is 5.10 Å². The van der Waals surface area contributed by atoms with Gasteiger partial charge in [-0.05, 0) is 40.7 Å². The van der Waals surface area contributed by atoms with E-state index >= 15 is 0 Å². The summed E-state index contributed by atoms with van der Waals surface area (Å²) in [5, 5.41) is 14.4. The van der Waals surface area contributed by atoms with E-state index < -0.39 is 6.10 Å². The lowest BCUT2D eigenvalue weighted by Gasteiger charge is -2.12. The fourth-order valence-corrected chi connectivity index (χ4v) is 1.96. The first-order valence-electron chi connectivity index (χ1n) is 5.42. The lowest BCUT2D eigenvalue weighted by Crippen LogP contribution is -2.09. The number of hydrogen-bond donors (Lipinski definition) is 2. The monoisotopic (exact) mass is 211 g/mol. The molecule has 0 aliphatic carbocycles.